The molecule has 0 amide bonds. The summed E-state index contributed by atoms with van der Waals surface area (Å²) in [4.78, 5) is 3.12. The Kier molecular flexibility index (Phi) is 5.88. The molecule has 0 spiro atoms. The van der Waals surface area contributed by atoms with Gasteiger partial charge in [-0.1, -0.05) is 51.2 Å². The average molecular weight is 374 g/mol. The first-order chi connectivity index (χ1) is 12.5. The normalized spacial score (nSPS) is 11.8. The van der Waals surface area contributed by atoms with E-state index in [4.69, 9.17) is 4.74 Å². The van der Waals surface area contributed by atoms with Gasteiger partial charge in [0.05, 0.1) is 6.54 Å². The van der Waals surface area contributed by atoms with Gasteiger partial charge >= 0.3 is 0 Å². The Morgan fingerprint density at radius 2 is 1.96 bits per heavy atom. The van der Waals surface area contributed by atoms with Gasteiger partial charge in [0.1, 0.15) is 12.4 Å². The Morgan fingerprint density at radius 1 is 1.19 bits per heavy atom. The van der Waals surface area contributed by atoms with Gasteiger partial charge in [0.2, 0.25) is 4.96 Å². The maximum absolute atomic E-state index is 6.10. The number of aromatic nitrogens is 4. The van der Waals surface area contributed by atoms with Gasteiger partial charge < -0.3 is 4.74 Å². The van der Waals surface area contributed by atoms with E-state index in [9.17, 15) is 0 Å². The third-order valence-corrected chi connectivity index (χ3v) is 5.37. The molecule has 7 heteroatoms. The van der Waals surface area contributed by atoms with E-state index in [0.29, 0.717) is 12.5 Å². The van der Waals surface area contributed by atoms with Gasteiger partial charge in [0.25, 0.3) is 0 Å². The Bertz CT molecular complexity index is 866. The predicted octanol–water partition coefficient (Wildman–Crippen LogP) is 4.04. The van der Waals surface area contributed by atoms with Crippen LogP contribution in [0.1, 0.15) is 55.6 Å². The van der Waals surface area contributed by atoms with E-state index in [0.717, 1.165) is 41.2 Å². The second kappa shape index (κ2) is 8.14. The molecule has 0 N–H and O–H groups in total. The predicted molar refractivity (Wildman–Crippen MR) is 105 cm³/mol. The molecule has 0 unspecified atom stereocenters. The lowest BCUT2D eigenvalue weighted by molar-refractivity contribution is 0.284. The van der Waals surface area contributed by atoms with Crippen molar-refractivity contribution in [2.45, 2.75) is 53.7 Å². The molecule has 0 aliphatic heterocycles. The largest absolute Gasteiger partial charge is 0.486 e. The molecular formula is C19H27N5OS. The number of hydrogen-bond donors (Lipinski definition) is 0. The van der Waals surface area contributed by atoms with Gasteiger partial charge in [-0.05, 0) is 43.1 Å². The van der Waals surface area contributed by atoms with Gasteiger partial charge in [0, 0.05) is 0 Å². The highest BCUT2D eigenvalue weighted by molar-refractivity contribution is 7.16. The van der Waals surface area contributed by atoms with Crippen LogP contribution in [0.5, 0.6) is 5.75 Å². The van der Waals surface area contributed by atoms with Crippen LogP contribution < -0.4 is 4.74 Å². The summed E-state index contributed by atoms with van der Waals surface area (Å²) in [5, 5.41) is 14.1. The lowest BCUT2D eigenvalue weighted by atomic mass is 10.0. The minimum atomic E-state index is 0.420. The monoisotopic (exact) mass is 373 g/mol. The van der Waals surface area contributed by atoms with Crippen molar-refractivity contribution < 1.29 is 4.74 Å². The fourth-order valence-electron chi connectivity index (χ4n) is 2.88. The highest BCUT2D eigenvalue weighted by Crippen LogP contribution is 2.28. The zero-order valence-corrected chi connectivity index (χ0v) is 17.0. The van der Waals surface area contributed by atoms with Crippen molar-refractivity contribution in [3.63, 3.8) is 0 Å². The van der Waals surface area contributed by atoms with E-state index >= 15 is 0 Å². The molecule has 0 aliphatic carbocycles. The highest BCUT2D eigenvalue weighted by Gasteiger charge is 2.15. The molecule has 2 heterocycles. The van der Waals surface area contributed by atoms with E-state index in [-0.39, 0.29) is 0 Å². The Labute approximate surface area is 158 Å². The van der Waals surface area contributed by atoms with Gasteiger partial charge in [0.15, 0.2) is 10.8 Å². The average Bonchev–Trinajstić information content (AvgIpc) is 3.18. The van der Waals surface area contributed by atoms with Gasteiger partial charge in [-0.15, -0.1) is 10.2 Å². The zero-order chi connectivity index (χ0) is 18.7. The van der Waals surface area contributed by atoms with Gasteiger partial charge in [-0.3, -0.25) is 4.90 Å². The molecule has 140 valence electrons. The molecule has 26 heavy (non-hydrogen) atoms. The number of nitrogens with zero attached hydrogens (tertiary/aromatic N) is 5. The second-order valence-electron chi connectivity index (χ2n) is 6.75. The van der Waals surface area contributed by atoms with E-state index in [2.05, 4.69) is 73.0 Å². The van der Waals surface area contributed by atoms with Crippen molar-refractivity contribution in [3.8, 4) is 5.75 Å². The molecular weight excluding hydrogens is 346 g/mol. The minimum absolute atomic E-state index is 0.420. The zero-order valence-electron chi connectivity index (χ0n) is 16.2. The number of benzene rings is 1. The highest BCUT2D eigenvalue weighted by atomic mass is 32.1. The van der Waals surface area contributed by atoms with Crippen molar-refractivity contribution in [1.82, 2.24) is 24.7 Å². The van der Waals surface area contributed by atoms with Crippen LogP contribution in [0.3, 0.4) is 0 Å². The Balaban J connectivity index is 1.76. The van der Waals surface area contributed by atoms with Crippen molar-refractivity contribution in [2.24, 2.45) is 0 Å². The Morgan fingerprint density at radius 3 is 2.65 bits per heavy atom. The van der Waals surface area contributed by atoms with E-state index in [1.54, 1.807) is 0 Å². The number of aryl methyl sites for hydroxylation is 1. The summed E-state index contributed by atoms with van der Waals surface area (Å²) in [6.45, 7) is 13.9. The van der Waals surface area contributed by atoms with Crippen LogP contribution in [0.4, 0.5) is 0 Å². The smallest absolute Gasteiger partial charge is 0.234 e. The maximum Gasteiger partial charge on any atom is 0.234 e. The van der Waals surface area contributed by atoms with E-state index in [1.165, 1.54) is 22.5 Å². The van der Waals surface area contributed by atoms with Gasteiger partial charge in [-0.25, -0.2) is 0 Å². The summed E-state index contributed by atoms with van der Waals surface area (Å²) in [6.07, 6.45) is 0. The first kappa shape index (κ1) is 18.8. The van der Waals surface area contributed by atoms with Crippen molar-refractivity contribution in [1.29, 1.82) is 0 Å². The molecule has 0 fully saturated rings. The van der Waals surface area contributed by atoms with Crippen molar-refractivity contribution in [3.05, 3.63) is 40.2 Å². The fraction of sp³-hybridized carbons (Fsp3) is 0.526. The number of hydrogen-bond acceptors (Lipinski definition) is 6. The third-order valence-electron chi connectivity index (χ3n) is 4.50. The number of ether oxygens (including phenoxy) is 1. The fourth-order valence-corrected chi connectivity index (χ4v) is 3.65. The molecule has 1 aromatic carbocycles. The maximum atomic E-state index is 6.10. The lowest BCUT2D eigenvalue weighted by Gasteiger charge is -2.15. The standard InChI is InChI=1S/C19H27N5OS/c1-6-23(7-2)11-17-20-21-19-24(17)22-18(26-19)12-25-16-10-14(5)8-9-15(16)13(3)4/h8-10,13H,6-7,11-12H2,1-5H3. The van der Waals surface area contributed by atoms with Crippen LogP contribution in [0.2, 0.25) is 0 Å². The molecule has 0 atom stereocenters. The van der Waals surface area contributed by atoms with Crippen LogP contribution in [0.25, 0.3) is 4.96 Å². The molecule has 0 radical (unpaired) electrons. The number of rotatable bonds is 8. The quantitative estimate of drug-likeness (QED) is 0.596. The van der Waals surface area contributed by atoms with Crippen molar-refractivity contribution in [2.75, 3.05) is 13.1 Å². The summed E-state index contributed by atoms with van der Waals surface area (Å²) in [7, 11) is 0. The molecule has 0 saturated heterocycles. The molecule has 0 aliphatic rings. The van der Waals surface area contributed by atoms with Crippen LogP contribution in [0.15, 0.2) is 18.2 Å². The SMILES string of the molecule is CCN(CC)Cc1nnc2sc(COc3cc(C)ccc3C(C)C)nn12. The number of fused-ring (bicyclic) bond motifs is 1. The molecule has 6 nitrogen and oxygen atoms in total. The molecule has 3 rings (SSSR count). The molecule has 2 aromatic heterocycles. The van der Waals surface area contributed by atoms with Crippen LogP contribution in [-0.4, -0.2) is 37.8 Å². The van der Waals surface area contributed by atoms with Gasteiger partial charge in [-0.2, -0.15) is 9.61 Å². The lowest BCUT2D eigenvalue weighted by Crippen LogP contribution is -2.23. The third kappa shape index (κ3) is 4.04. The van der Waals surface area contributed by atoms with E-state index < -0.39 is 0 Å². The summed E-state index contributed by atoms with van der Waals surface area (Å²) < 4.78 is 7.95. The summed E-state index contributed by atoms with van der Waals surface area (Å²) in [5.41, 5.74) is 2.42. The first-order valence-electron chi connectivity index (χ1n) is 9.17. The summed E-state index contributed by atoms with van der Waals surface area (Å²) in [6, 6.07) is 6.38. The molecule has 3 aromatic rings. The minimum Gasteiger partial charge on any atom is -0.486 e. The Hall–Kier alpha value is -1.99. The second-order valence-corrected chi connectivity index (χ2v) is 7.79. The van der Waals surface area contributed by atoms with E-state index in [1.807, 2.05) is 4.52 Å². The van der Waals surface area contributed by atoms with Crippen LogP contribution in [0, 0.1) is 6.92 Å². The molecule has 0 saturated carbocycles. The summed E-state index contributed by atoms with van der Waals surface area (Å²) in [5.74, 6) is 2.24. The van der Waals surface area contributed by atoms with Crippen LogP contribution in [-0.2, 0) is 13.2 Å². The van der Waals surface area contributed by atoms with Crippen molar-refractivity contribution >= 4 is 16.3 Å². The van der Waals surface area contributed by atoms with Crippen LogP contribution >= 0.6 is 11.3 Å². The first-order valence-corrected chi connectivity index (χ1v) is 9.99. The topological polar surface area (TPSA) is 55.5 Å². The summed E-state index contributed by atoms with van der Waals surface area (Å²) >= 11 is 1.53. The molecule has 0 bridgehead atoms.